The molecule has 0 unspecified atom stereocenters. The van der Waals surface area contributed by atoms with Crippen molar-refractivity contribution in [3.8, 4) is 5.88 Å². The number of rotatable bonds is 6. The molecule has 0 aliphatic heterocycles. The molecule has 0 saturated heterocycles. The predicted molar refractivity (Wildman–Crippen MR) is 85.4 cm³/mol. The Labute approximate surface area is 126 Å². The third-order valence-electron chi connectivity index (χ3n) is 2.43. The molecule has 1 aromatic heterocycles. The number of anilines is 2. The zero-order chi connectivity index (χ0) is 16.0. The number of ether oxygens (including phenoxy) is 1. The second-order valence-corrected chi connectivity index (χ2v) is 6.36. The van der Waals surface area contributed by atoms with Crippen LogP contribution in [0.3, 0.4) is 0 Å². The molecule has 0 aliphatic rings. The molecule has 0 atom stereocenters. The van der Waals surface area contributed by atoms with Gasteiger partial charge in [0.1, 0.15) is 11.4 Å². The maximum atomic E-state index is 11.6. The molecule has 0 saturated carbocycles. The van der Waals surface area contributed by atoms with Crippen molar-refractivity contribution in [2.75, 3.05) is 24.1 Å². The quantitative estimate of drug-likeness (QED) is 0.747. The van der Waals surface area contributed by atoms with Gasteiger partial charge in [0, 0.05) is 6.54 Å². The Hall–Kier alpha value is -1.98. The van der Waals surface area contributed by atoms with E-state index in [1.54, 1.807) is 12.1 Å². The molecule has 0 fully saturated rings. The lowest BCUT2D eigenvalue weighted by Gasteiger charge is -2.21. The summed E-state index contributed by atoms with van der Waals surface area (Å²) in [5, 5.41) is 5.79. The van der Waals surface area contributed by atoms with Gasteiger partial charge in [0.2, 0.25) is 11.8 Å². The molecular weight excluding hydrogens is 268 g/mol. The fourth-order valence-electron chi connectivity index (χ4n) is 1.47. The molecule has 21 heavy (non-hydrogen) atoms. The SMILES string of the molecule is CC(C)CNC(=O)CNc1ccc(N)c(OC(C)(C)C)n1. The van der Waals surface area contributed by atoms with Crippen LogP contribution in [0.4, 0.5) is 11.5 Å². The Balaban J connectivity index is 2.60. The molecule has 1 heterocycles. The first kappa shape index (κ1) is 17.1. The smallest absolute Gasteiger partial charge is 0.239 e. The zero-order valence-electron chi connectivity index (χ0n) is 13.5. The van der Waals surface area contributed by atoms with Gasteiger partial charge in [-0.2, -0.15) is 4.98 Å². The van der Waals surface area contributed by atoms with E-state index in [-0.39, 0.29) is 18.1 Å². The largest absolute Gasteiger partial charge is 0.470 e. The summed E-state index contributed by atoms with van der Waals surface area (Å²) in [7, 11) is 0. The lowest BCUT2D eigenvalue weighted by atomic mass is 10.2. The van der Waals surface area contributed by atoms with Gasteiger partial charge in [0.05, 0.1) is 12.2 Å². The van der Waals surface area contributed by atoms with Crippen LogP contribution in [0.1, 0.15) is 34.6 Å². The molecule has 118 valence electrons. The Kier molecular flexibility index (Phi) is 5.81. The van der Waals surface area contributed by atoms with Crippen molar-refractivity contribution < 1.29 is 9.53 Å². The van der Waals surface area contributed by atoms with Gasteiger partial charge in [-0.05, 0) is 38.8 Å². The van der Waals surface area contributed by atoms with E-state index in [0.29, 0.717) is 29.8 Å². The van der Waals surface area contributed by atoms with Gasteiger partial charge in [-0.3, -0.25) is 4.79 Å². The summed E-state index contributed by atoms with van der Waals surface area (Å²) in [5.74, 6) is 1.29. The van der Waals surface area contributed by atoms with Crippen molar-refractivity contribution in [1.82, 2.24) is 10.3 Å². The molecule has 1 amide bonds. The number of hydrogen-bond acceptors (Lipinski definition) is 5. The van der Waals surface area contributed by atoms with E-state index in [1.165, 1.54) is 0 Å². The Bertz CT molecular complexity index is 481. The first-order valence-electron chi connectivity index (χ1n) is 7.13. The van der Waals surface area contributed by atoms with E-state index < -0.39 is 0 Å². The van der Waals surface area contributed by atoms with Crippen LogP contribution in [0.25, 0.3) is 0 Å². The highest BCUT2D eigenvalue weighted by Crippen LogP contribution is 2.24. The van der Waals surface area contributed by atoms with Gasteiger partial charge in [-0.1, -0.05) is 13.8 Å². The van der Waals surface area contributed by atoms with Crippen LogP contribution in [0.5, 0.6) is 5.88 Å². The number of amides is 1. The molecule has 0 aliphatic carbocycles. The maximum absolute atomic E-state index is 11.6. The topological polar surface area (TPSA) is 89.3 Å². The van der Waals surface area contributed by atoms with Crippen LogP contribution < -0.4 is 21.1 Å². The fourth-order valence-corrected chi connectivity index (χ4v) is 1.47. The number of pyridine rings is 1. The molecule has 1 aromatic rings. The number of hydrogen-bond donors (Lipinski definition) is 3. The highest BCUT2D eigenvalue weighted by molar-refractivity contribution is 5.80. The van der Waals surface area contributed by atoms with Gasteiger partial charge in [0.25, 0.3) is 0 Å². The average molecular weight is 294 g/mol. The lowest BCUT2D eigenvalue weighted by molar-refractivity contribution is -0.119. The van der Waals surface area contributed by atoms with Crippen molar-refractivity contribution in [2.45, 2.75) is 40.2 Å². The monoisotopic (exact) mass is 294 g/mol. The number of carbonyl (C=O) groups excluding carboxylic acids is 1. The summed E-state index contributed by atoms with van der Waals surface area (Å²) in [6, 6.07) is 3.43. The summed E-state index contributed by atoms with van der Waals surface area (Å²) < 4.78 is 5.68. The van der Waals surface area contributed by atoms with Gasteiger partial charge in [-0.15, -0.1) is 0 Å². The van der Waals surface area contributed by atoms with Gasteiger partial charge in [0.15, 0.2) is 0 Å². The Morgan fingerprint density at radius 1 is 1.38 bits per heavy atom. The molecule has 4 N–H and O–H groups in total. The first-order chi connectivity index (χ1) is 9.67. The van der Waals surface area contributed by atoms with Crippen LogP contribution >= 0.6 is 0 Å². The third-order valence-corrected chi connectivity index (χ3v) is 2.43. The summed E-state index contributed by atoms with van der Waals surface area (Å²) >= 11 is 0. The lowest BCUT2D eigenvalue weighted by Crippen LogP contribution is -2.32. The van der Waals surface area contributed by atoms with Crippen LogP contribution in [-0.2, 0) is 4.79 Å². The number of carbonyl (C=O) groups is 1. The summed E-state index contributed by atoms with van der Waals surface area (Å²) in [6.07, 6.45) is 0. The van der Waals surface area contributed by atoms with Crippen molar-refractivity contribution >= 4 is 17.4 Å². The van der Waals surface area contributed by atoms with E-state index in [0.717, 1.165) is 0 Å². The summed E-state index contributed by atoms with van der Waals surface area (Å²) in [6.45, 7) is 10.7. The molecule has 1 rings (SSSR count). The highest BCUT2D eigenvalue weighted by atomic mass is 16.5. The van der Waals surface area contributed by atoms with E-state index >= 15 is 0 Å². The third kappa shape index (κ3) is 6.83. The highest BCUT2D eigenvalue weighted by Gasteiger charge is 2.15. The molecular formula is C15H26N4O2. The molecule has 6 nitrogen and oxygen atoms in total. The normalized spacial score (nSPS) is 11.3. The van der Waals surface area contributed by atoms with E-state index in [4.69, 9.17) is 10.5 Å². The fraction of sp³-hybridized carbons (Fsp3) is 0.600. The second kappa shape index (κ2) is 7.15. The van der Waals surface area contributed by atoms with Crippen molar-refractivity contribution in [1.29, 1.82) is 0 Å². The van der Waals surface area contributed by atoms with E-state index in [2.05, 4.69) is 15.6 Å². The standard InChI is InChI=1S/C15H26N4O2/c1-10(2)8-18-13(20)9-17-12-7-6-11(16)14(19-12)21-15(3,4)5/h6-7,10H,8-9,16H2,1-5H3,(H,17,19)(H,18,20). The molecule has 0 bridgehead atoms. The van der Waals surface area contributed by atoms with Crippen LogP contribution in [-0.4, -0.2) is 29.6 Å². The van der Waals surface area contributed by atoms with E-state index in [9.17, 15) is 4.79 Å². The first-order valence-corrected chi connectivity index (χ1v) is 7.13. The van der Waals surface area contributed by atoms with Crippen LogP contribution in [0.15, 0.2) is 12.1 Å². The Morgan fingerprint density at radius 3 is 2.62 bits per heavy atom. The van der Waals surface area contributed by atoms with Gasteiger partial charge < -0.3 is 21.1 Å². The minimum atomic E-state index is -0.381. The van der Waals surface area contributed by atoms with E-state index in [1.807, 2.05) is 34.6 Å². The number of nitrogens with two attached hydrogens (primary N) is 1. The van der Waals surface area contributed by atoms with Crippen molar-refractivity contribution in [3.63, 3.8) is 0 Å². The average Bonchev–Trinajstić information content (AvgIpc) is 2.35. The van der Waals surface area contributed by atoms with Gasteiger partial charge in [-0.25, -0.2) is 0 Å². The number of nitrogens with one attached hydrogen (secondary N) is 2. The number of nitrogens with zero attached hydrogens (tertiary/aromatic N) is 1. The van der Waals surface area contributed by atoms with Crippen LogP contribution in [0, 0.1) is 5.92 Å². The molecule has 0 radical (unpaired) electrons. The maximum Gasteiger partial charge on any atom is 0.239 e. The Morgan fingerprint density at radius 2 is 2.05 bits per heavy atom. The number of nitrogen functional groups attached to an aromatic ring is 1. The van der Waals surface area contributed by atoms with Crippen molar-refractivity contribution in [2.24, 2.45) is 5.92 Å². The van der Waals surface area contributed by atoms with Crippen molar-refractivity contribution in [3.05, 3.63) is 12.1 Å². The minimum absolute atomic E-state index is 0.0689. The molecule has 6 heteroatoms. The summed E-state index contributed by atoms with van der Waals surface area (Å²) in [5.41, 5.74) is 5.93. The number of aromatic nitrogens is 1. The molecule has 0 aromatic carbocycles. The molecule has 0 spiro atoms. The predicted octanol–water partition coefficient (Wildman–Crippen LogP) is 2.03. The van der Waals surface area contributed by atoms with Gasteiger partial charge >= 0.3 is 0 Å². The second-order valence-electron chi connectivity index (χ2n) is 6.36. The minimum Gasteiger partial charge on any atom is -0.470 e. The summed E-state index contributed by atoms with van der Waals surface area (Å²) in [4.78, 5) is 15.9. The van der Waals surface area contributed by atoms with Crippen LogP contribution in [0.2, 0.25) is 0 Å². The zero-order valence-corrected chi connectivity index (χ0v) is 13.5.